The van der Waals surface area contributed by atoms with Gasteiger partial charge in [-0.05, 0) is 13.3 Å². The molecule has 0 bridgehead atoms. The first-order chi connectivity index (χ1) is 4.13. The van der Waals surface area contributed by atoms with Gasteiger partial charge in [-0.2, -0.15) is 25.3 Å². The van der Waals surface area contributed by atoms with Crippen molar-refractivity contribution >= 4 is 46.8 Å². The van der Waals surface area contributed by atoms with Gasteiger partial charge in [0.05, 0.1) is 4.08 Å². The number of rotatable bonds is 0. The Kier molecular flexibility index (Phi) is 3.02. The van der Waals surface area contributed by atoms with Crippen LogP contribution in [0.15, 0.2) is 0 Å². The molecule has 0 aromatic carbocycles. The highest BCUT2D eigenvalue weighted by Gasteiger charge is 2.31. The summed E-state index contributed by atoms with van der Waals surface area (Å²) in [5.74, 6) is 1.22. The lowest BCUT2D eigenvalue weighted by Crippen LogP contribution is -2.28. The Morgan fingerprint density at radius 1 is 1.67 bits per heavy atom. The van der Waals surface area contributed by atoms with E-state index in [2.05, 4.69) is 32.2 Å². The summed E-state index contributed by atoms with van der Waals surface area (Å²) in [6.07, 6.45) is 1.18. The van der Waals surface area contributed by atoms with Crippen molar-refractivity contribution in [1.29, 1.82) is 0 Å². The average Bonchev–Trinajstić information content (AvgIpc) is 1.77. The molecule has 1 saturated heterocycles. The van der Waals surface area contributed by atoms with Gasteiger partial charge in [-0.15, -0.1) is 0 Å². The van der Waals surface area contributed by atoms with Crippen molar-refractivity contribution in [2.75, 3.05) is 5.75 Å². The van der Waals surface area contributed by atoms with Crippen LogP contribution in [-0.4, -0.2) is 15.1 Å². The molecular formula is C5H10S4. The van der Waals surface area contributed by atoms with Gasteiger partial charge in [-0.25, -0.2) is 0 Å². The van der Waals surface area contributed by atoms with Gasteiger partial charge >= 0.3 is 0 Å². The first-order valence-electron chi connectivity index (χ1n) is 2.84. The molecule has 1 aliphatic heterocycles. The maximum Gasteiger partial charge on any atom is 0.0772 e. The third kappa shape index (κ3) is 2.17. The lowest BCUT2D eigenvalue weighted by atomic mass is 10.2. The molecule has 4 heteroatoms. The minimum absolute atomic E-state index is 0.0754. The molecule has 0 aromatic heterocycles. The van der Waals surface area contributed by atoms with Gasteiger partial charge in [0.2, 0.25) is 0 Å². The zero-order valence-corrected chi connectivity index (χ0v) is 8.62. The second kappa shape index (κ2) is 3.20. The molecule has 54 valence electrons. The van der Waals surface area contributed by atoms with Crippen LogP contribution >= 0.6 is 46.8 Å². The molecule has 1 aliphatic rings. The van der Waals surface area contributed by atoms with Crippen LogP contribution in [0.4, 0.5) is 0 Å². The summed E-state index contributed by atoms with van der Waals surface area (Å²) in [4.78, 5) is 0. The number of thiol groups is 2. The Morgan fingerprint density at radius 3 is 2.67 bits per heavy atom. The minimum atomic E-state index is 0.0754. The largest absolute Gasteiger partial charge is 0.174 e. The van der Waals surface area contributed by atoms with Crippen molar-refractivity contribution in [1.82, 2.24) is 0 Å². The number of hydrogen-bond donors (Lipinski definition) is 2. The van der Waals surface area contributed by atoms with Crippen LogP contribution in [0.25, 0.3) is 0 Å². The maximum absolute atomic E-state index is 4.48. The molecule has 2 atom stereocenters. The monoisotopic (exact) mass is 198 g/mol. The van der Waals surface area contributed by atoms with Crippen molar-refractivity contribution < 1.29 is 0 Å². The van der Waals surface area contributed by atoms with Crippen LogP contribution in [0.3, 0.4) is 0 Å². The first kappa shape index (κ1) is 8.50. The van der Waals surface area contributed by atoms with Gasteiger partial charge < -0.3 is 0 Å². The SMILES string of the molecule is CC1(S)SSCCC1S. The molecule has 0 amide bonds. The highest BCUT2D eigenvalue weighted by molar-refractivity contribution is 8.78. The highest BCUT2D eigenvalue weighted by Crippen LogP contribution is 2.48. The Labute approximate surface area is 75.1 Å². The van der Waals surface area contributed by atoms with E-state index in [0.717, 1.165) is 0 Å². The van der Waals surface area contributed by atoms with Gasteiger partial charge in [-0.3, -0.25) is 0 Å². The van der Waals surface area contributed by atoms with Crippen molar-refractivity contribution in [3.63, 3.8) is 0 Å². The lowest BCUT2D eigenvalue weighted by molar-refractivity contribution is 0.782. The highest BCUT2D eigenvalue weighted by atomic mass is 33.1. The standard InChI is InChI=1S/C5H10S4/c1-5(7)4(6)2-3-8-9-5/h4,6-7H,2-3H2,1H3. The first-order valence-corrected chi connectivity index (χ1v) is 6.12. The minimum Gasteiger partial charge on any atom is -0.174 e. The van der Waals surface area contributed by atoms with Crippen LogP contribution in [0.5, 0.6) is 0 Å². The Balaban J connectivity index is 2.49. The van der Waals surface area contributed by atoms with Crippen molar-refractivity contribution in [2.45, 2.75) is 22.7 Å². The van der Waals surface area contributed by atoms with E-state index in [4.69, 9.17) is 0 Å². The van der Waals surface area contributed by atoms with Gasteiger partial charge in [-0.1, -0.05) is 21.6 Å². The predicted octanol–water partition coefficient (Wildman–Crippen LogP) is 2.72. The molecule has 1 heterocycles. The van der Waals surface area contributed by atoms with Crippen LogP contribution in [0.1, 0.15) is 13.3 Å². The van der Waals surface area contributed by atoms with Crippen molar-refractivity contribution in [3.05, 3.63) is 0 Å². The van der Waals surface area contributed by atoms with Crippen LogP contribution in [0.2, 0.25) is 0 Å². The molecule has 0 spiro atoms. The van der Waals surface area contributed by atoms with Gasteiger partial charge in [0.25, 0.3) is 0 Å². The third-order valence-corrected chi connectivity index (χ3v) is 6.46. The van der Waals surface area contributed by atoms with E-state index >= 15 is 0 Å². The number of hydrogen-bond acceptors (Lipinski definition) is 4. The van der Waals surface area contributed by atoms with Gasteiger partial charge in [0, 0.05) is 11.0 Å². The Bertz CT molecular complexity index is 101. The maximum atomic E-state index is 4.48. The normalized spacial score (nSPS) is 45.0. The second-order valence-electron chi connectivity index (χ2n) is 2.26. The third-order valence-electron chi connectivity index (χ3n) is 1.32. The Hall–Kier alpha value is 1.40. The summed E-state index contributed by atoms with van der Waals surface area (Å²) in [7, 11) is 3.73. The Morgan fingerprint density at radius 2 is 2.33 bits per heavy atom. The molecule has 0 aromatic rings. The van der Waals surface area contributed by atoms with E-state index in [1.807, 2.05) is 21.6 Å². The molecule has 0 saturated carbocycles. The van der Waals surface area contributed by atoms with Crippen LogP contribution in [-0.2, 0) is 0 Å². The van der Waals surface area contributed by atoms with E-state index in [1.54, 1.807) is 0 Å². The fourth-order valence-corrected chi connectivity index (χ4v) is 4.41. The van der Waals surface area contributed by atoms with Crippen molar-refractivity contribution in [3.8, 4) is 0 Å². The quantitative estimate of drug-likeness (QED) is 0.454. The smallest absolute Gasteiger partial charge is 0.0772 e. The summed E-state index contributed by atoms with van der Waals surface area (Å²) in [5.41, 5.74) is 0. The van der Waals surface area contributed by atoms with E-state index in [-0.39, 0.29) is 4.08 Å². The van der Waals surface area contributed by atoms with E-state index < -0.39 is 0 Å². The average molecular weight is 198 g/mol. The predicted molar refractivity (Wildman–Crippen MR) is 54.8 cm³/mol. The van der Waals surface area contributed by atoms with E-state index in [0.29, 0.717) is 5.25 Å². The fourth-order valence-electron chi connectivity index (χ4n) is 0.644. The zero-order valence-electron chi connectivity index (χ0n) is 5.20. The molecule has 0 aliphatic carbocycles. The zero-order chi connectivity index (χ0) is 6.91. The van der Waals surface area contributed by atoms with Gasteiger partial charge in [0.1, 0.15) is 0 Å². The van der Waals surface area contributed by atoms with Gasteiger partial charge in [0.15, 0.2) is 0 Å². The second-order valence-corrected chi connectivity index (χ2v) is 6.99. The van der Waals surface area contributed by atoms with Crippen molar-refractivity contribution in [2.24, 2.45) is 0 Å². The topological polar surface area (TPSA) is 0 Å². The molecule has 0 N–H and O–H groups in total. The molecule has 1 rings (SSSR count). The van der Waals surface area contributed by atoms with Crippen LogP contribution < -0.4 is 0 Å². The lowest BCUT2D eigenvalue weighted by Gasteiger charge is -2.32. The fraction of sp³-hybridized carbons (Fsp3) is 1.00. The molecular weight excluding hydrogens is 188 g/mol. The molecule has 0 radical (unpaired) electrons. The summed E-state index contributed by atoms with van der Waals surface area (Å²) >= 11 is 8.91. The summed E-state index contributed by atoms with van der Waals surface area (Å²) < 4.78 is 0.0754. The van der Waals surface area contributed by atoms with E-state index in [1.165, 1.54) is 12.2 Å². The summed E-state index contributed by atoms with van der Waals surface area (Å²) in [6.45, 7) is 2.13. The molecule has 1 fully saturated rings. The van der Waals surface area contributed by atoms with Crippen LogP contribution in [0, 0.1) is 0 Å². The molecule has 2 unspecified atom stereocenters. The van der Waals surface area contributed by atoms with E-state index in [9.17, 15) is 0 Å². The molecule has 0 nitrogen and oxygen atoms in total. The summed E-state index contributed by atoms with van der Waals surface area (Å²) in [6, 6.07) is 0. The molecule has 9 heavy (non-hydrogen) atoms. The summed E-state index contributed by atoms with van der Waals surface area (Å²) in [5, 5.41) is 0.451.